The highest BCUT2D eigenvalue weighted by molar-refractivity contribution is 9.10. The number of hydrogen-bond donors (Lipinski definition) is 2. The van der Waals surface area contributed by atoms with Gasteiger partial charge in [0, 0.05) is 0 Å². The molecule has 0 amide bonds. The van der Waals surface area contributed by atoms with E-state index in [0.717, 1.165) is 12.0 Å². The summed E-state index contributed by atoms with van der Waals surface area (Å²) in [6, 6.07) is 9.33. The van der Waals surface area contributed by atoms with Crippen molar-refractivity contribution in [1.82, 2.24) is 5.43 Å². The Morgan fingerprint density at radius 3 is 2.29 bits per heavy atom. The summed E-state index contributed by atoms with van der Waals surface area (Å²) in [5, 5.41) is 0. The number of aryl methyl sites for hydroxylation is 3. The molecular weight excluding hydrogens is 331 g/mol. The zero-order chi connectivity index (χ0) is 15.6. The smallest absolute Gasteiger partial charge is 0.137 e. The molecule has 0 spiro atoms. The maximum absolute atomic E-state index is 13.7. The summed E-state index contributed by atoms with van der Waals surface area (Å²) >= 11 is 3.17. The standard InChI is InChI=1S/C17H20BrFN2/c1-10-6-11(2)14(12(3)7-10)9-17(21-20)13-4-5-15(18)16(19)8-13/h4-8,17,21H,9,20H2,1-3H3. The minimum absolute atomic E-state index is 0.118. The third kappa shape index (κ3) is 3.70. The predicted molar refractivity (Wildman–Crippen MR) is 88.5 cm³/mol. The van der Waals surface area contributed by atoms with Crippen molar-refractivity contribution in [3.63, 3.8) is 0 Å². The molecule has 1 unspecified atom stereocenters. The van der Waals surface area contributed by atoms with Crippen LogP contribution in [0.5, 0.6) is 0 Å². The minimum Gasteiger partial charge on any atom is -0.271 e. The van der Waals surface area contributed by atoms with Gasteiger partial charge in [-0.1, -0.05) is 23.8 Å². The van der Waals surface area contributed by atoms with E-state index in [1.165, 1.54) is 28.3 Å². The highest BCUT2D eigenvalue weighted by Crippen LogP contribution is 2.26. The fourth-order valence-corrected chi connectivity index (χ4v) is 2.98. The Balaban J connectivity index is 2.33. The van der Waals surface area contributed by atoms with Crippen molar-refractivity contribution in [2.45, 2.75) is 33.2 Å². The molecule has 0 aliphatic carbocycles. The first-order valence-corrected chi connectivity index (χ1v) is 7.69. The molecule has 0 aromatic heterocycles. The Morgan fingerprint density at radius 2 is 1.76 bits per heavy atom. The summed E-state index contributed by atoms with van der Waals surface area (Å²) < 4.78 is 14.2. The monoisotopic (exact) mass is 350 g/mol. The lowest BCUT2D eigenvalue weighted by Gasteiger charge is -2.20. The van der Waals surface area contributed by atoms with E-state index in [1.807, 2.05) is 6.07 Å². The van der Waals surface area contributed by atoms with Crippen molar-refractivity contribution in [3.05, 3.63) is 68.4 Å². The van der Waals surface area contributed by atoms with Crippen molar-refractivity contribution < 1.29 is 4.39 Å². The number of hydrogen-bond acceptors (Lipinski definition) is 2. The molecule has 0 saturated heterocycles. The zero-order valence-electron chi connectivity index (χ0n) is 12.5. The van der Waals surface area contributed by atoms with Gasteiger partial charge in [-0.2, -0.15) is 0 Å². The van der Waals surface area contributed by atoms with Crippen LogP contribution in [0.4, 0.5) is 4.39 Å². The van der Waals surface area contributed by atoms with Crippen LogP contribution < -0.4 is 11.3 Å². The van der Waals surface area contributed by atoms with Crippen LogP contribution in [0.15, 0.2) is 34.8 Å². The Kier molecular flexibility index (Phi) is 5.14. The number of benzene rings is 2. The van der Waals surface area contributed by atoms with Gasteiger partial charge in [0.1, 0.15) is 5.82 Å². The predicted octanol–water partition coefficient (Wildman–Crippen LogP) is 4.26. The van der Waals surface area contributed by atoms with E-state index in [1.54, 1.807) is 6.07 Å². The second-order valence-corrected chi connectivity index (χ2v) is 6.33. The summed E-state index contributed by atoms with van der Waals surface area (Å²) in [6.45, 7) is 6.29. The summed E-state index contributed by atoms with van der Waals surface area (Å²) in [7, 11) is 0. The van der Waals surface area contributed by atoms with Crippen LogP contribution >= 0.6 is 15.9 Å². The lowest BCUT2D eigenvalue weighted by atomic mass is 9.92. The van der Waals surface area contributed by atoms with Gasteiger partial charge in [-0.15, -0.1) is 0 Å². The Labute approximate surface area is 133 Å². The first-order chi connectivity index (χ1) is 9.92. The third-order valence-corrected chi connectivity index (χ3v) is 4.44. The van der Waals surface area contributed by atoms with E-state index in [0.29, 0.717) is 4.47 Å². The van der Waals surface area contributed by atoms with Crippen LogP contribution in [0.1, 0.15) is 33.9 Å². The fourth-order valence-electron chi connectivity index (χ4n) is 2.74. The summed E-state index contributed by atoms with van der Waals surface area (Å²) in [5.41, 5.74) is 8.63. The van der Waals surface area contributed by atoms with E-state index in [2.05, 4.69) is 54.3 Å². The van der Waals surface area contributed by atoms with Crippen molar-refractivity contribution in [1.29, 1.82) is 0 Å². The summed E-state index contributed by atoms with van der Waals surface area (Å²) in [4.78, 5) is 0. The molecule has 0 saturated carbocycles. The van der Waals surface area contributed by atoms with Crippen LogP contribution in [-0.4, -0.2) is 0 Å². The van der Waals surface area contributed by atoms with Gasteiger partial charge < -0.3 is 0 Å². The van der Waals surface area contributed by atoms with Crippen molar-refractivity contribution in [3.8, 4) is 0 Å². The molecule has 0 bridgehead atoms. The van der Waals surface area contributed by atoms with Gasteiger partial charge in [-0.25, -0.2) is 4.39 Å². The molecule has 4 heteroatoms. The second-order valence-electron chi connectivity index (χ2n) is 5.47. The van der Waals surface area contributed by atoms with E-state index < -0.39 is 0 Å². The molecule has 0 radical (unpaired) electrons. The van der Waals surface area contributed by atoms with E-state index in [4.69, 9.17) is 5.84 Å². The highest BCUT2D eigenvalue weighted by atomic mass is 79.9. The normalized spacial score (nSPS) is 12.5. The minimum atomic E-state index is -0.273. The van der Waals surface area contributed by atoms with Gasteiger partial charge in [-0.05, 0) is 77.5 Å². The summed E-state index contributed by atoms with van der Waals surface area (Å²) in [5.74, 6) is 5.41. The molecule has 21 heavy (non-hydrogen) atoms. The lowest BCUT2D eigenvalue weighted by molar-refractivity contribution is 0.541. The van der Waals surface area contributed by atoms with Gasteiger partial charge >= 0.3 is 0 Å². The largest absolute Gasteiger partial charge is 0.271 e. The van der Waals surface area contributed by atoms with Crippen LogP contribution in [0.25, 0.3) is 0 Å². The molecule has 0 heterocycles. The molecule has 0 fully saturated rings. The van der Waals surface area contributed by atoms with Crippen molar-refractivity contribution >= 4 is 15.9 Å². The van der Waals surface area contributed by atoms with E-state index >= 15 is 0 Å². The van der Waals surface area contributed by atoms with Crippen molar-refractivity contribution in [2.24, 2.45) is 5.84 Å². The van der Waals surface area contributed by atoms with Gasteiger partial charge in [0.2, 0.25) is 0 Å². The molecule has 2 aromatic carbocycles. The van der Waals surface area contributed by atoms with Crippen LogP contribution in [0.3, 0.4) is 0 Å². The first-order valence-electron chi connectivity index (χ1n) is 6.90. The van der Waals surface area contributed by atoms with Crippen LogP contribution in [0, 0.1) is 26.6 Å². The second kappa shape index (κ2) is 6.69. The average Bonchev–Trinajstić information content (AvgIpc) is 2.41. The first kappa shape index (κ1) is 16.1. The topological polar surface area (TPSA) is 38.0 Å². The van der Waals surface area contributed by atoms with Crippen LogP contribution in [0.2, 0.25) is 0 Å². The van der Waals surface area contributed by atoms with E-state index in [-0.39, 0.29) is 11.9 Å². The van der Waals surface area contributed by atoms with E-state index in [9.17, 15) is 4.39 Å². The van der Waals surface area contributed by atoms with Gasteiger partial charge in [0.15, 0.2) is 0 Å². The lowest BCUT2D eigenvalue weighted by Crippen LogP contribution is -2.30. The molecule has 2 aromatic rings. The summed E-state index contributed by atoms with van der Waals surface area (Å²) in [6.07, 6.45) is 0.732. The number of nitrogens with one attached hydrogen (secondary N) is 1. The van der Waals surface area contributed by atoms with Crippen LogP contribution in [-0.2, 0) is 6.42 Å². The number of halogens is 2. The third-order valence-electron chi connectivity index (χ3n) is 3.80. The molecule has 1 atom stereocenters. The highest BCUT2D eigenvalue weighted by Gasteiger charge is 2.15. The number of hydrazine groups is 1. The zero-order valence-corrected chi connectivity index (χ0v) is 14.1. The van der Waals surface area contributed by atoms with Gasteiger partial charge in [0.05, 0.1) is 10.5 Å². The average molecular weight is 351 g/mol. The van der Waals surface area contributed by atoms with Gasteiger partial charge in [0.25, 0.3) is 0 Å². The fraction of sp³-hybridized carbons (Fsp3) is 0.294. The SMILES string of the molecule is Cc1cc(C)c(CC(NN)c2ccc(Br)c(F)c2)c(C)c1. The van der Waals surface area contributed by atoms with Gasteiger partial charge in [-0.3, -0.25) is 11.3 Å². The Morgan fingerprint density at radius 1 is 1.14 bits per heavy atom. The molecule has 112 valence electrons. The molecular formula is C17H20BrFN2. The molecule has 2 nitrogen and oxygen atoms in total. The molecule has 0 aliphatic rings. The Hall–Kier alpha value is -1.23. The molecule has 2 rings (SSSR count). The maximum atomic E-state index is 13.7. The number of rotatable bonds is 4. The quantitative estimate of drug-likeness (QED) is 0.638. The van der Waals surface area contributed by atoms with Crippen molar-refractivity contribution in [2.75, 3.05) is 0 Å². The number of nitrogens with two attached hydrogens (primary N) is 1. The maximum Gasteiger partial charge on any atom is 0.137 e. The molecule has 3 N–H and O–H groups in total. The molecule has 0 aliphatic heterocycles. The Bertz CT molecular complexity index is 632.